The Morgan fingerprint density at radius 2 is 1.72 bits per heavy atom. The highest BCUT2D eigenvalue weighted by Crippen LogP contribution is 2.23. The zero-order valence-corrected chi connectivity index (χ0v) is 22.7. The first-order valence-electron chi connectivity index (χ1n) is 12.7. The standard InChI is InChI=1S/C30H34BrN3O2/c1-22-11-8-12-23(2)29(22)36-20-10-19-34-27-16-6-5-15-26(27)33-28(34)17-4-3-7-18-32-30(35)24-13-9-14-25(31)21-24/h5-6,8-9,11-16,21H,3-4,7,10,17-20H2,1-2H3,(H,32,35). The van der Waals surface area contributed by atoms with E-state index >= 15 is 0 Å². The van der Waals surface area contributed by atoms with Crippen molar-refractivity contribution in [1.82, 2.24) is 14.9 Å². The molecule has 0 saturated carbocycles. The topological polar surface area (TPSA) is 56.1 Å². The molecule has 0 atom stereocenters. The minimum atomic E-state index is -0.0267. The van der Waals surface area contributed by atoms with Gasteiger partial charge in [-0.2, -0.15) is 0 Å². The Balaban J connectivity index is 1.26. The molecule has 0 aliphatic heterocycles. The molecule has 1 aromatic heterocycles. The lowest BCUT2D eigenvalue weighted by molar-refractivity contribution is 0.0953. The van der Waals surface area contributed by atoms with Gasteiger partial charge in [-0.15, -0.1) is 0 Å². The summed E-state index contributed by atoms with van der Waals surface area (Å²) < 4.78 is 9.39. The summed E-state index contributed by atoms with van der Waals surface area (Å²) in [6.07, 6.45) is 4.87. The number of aryl methyl sites for hydroxylation is 4. The van der Waals surface area contributed by atoms with Crippen LogP contribution in [0.2, 0.25) is 0 Å². The molecule has 0 radical (unpaired) electrons. The van der Waals surface area contributed by atoms with Gasteiger partial charge in [0, 0.05) is 29.5 Å². The van der Waals surface area contributed by atoms with E-state index < -0.39 is 0 Å². The van der Waals surface area contributed by atoms with Gasteiger partial charge in [-0.05, 0) is 74.6 Å². The monoisotopic (exact) mass is 547 g/mol. The molecule has 0 saturated heterocycles. The number of ether oxygens (including phenoxy) is 1. The van der Waals surface area contributed by atoms with Crippen molar-refractivity contribution in [2.45, 2.75) is 52.5 Å². The number of unbranched alkanes of at least 4 members (excludes halogenated alkanes) is 2. The minimum Gasteiger partial charge on any atom is -0.493 e. The van der Waals surface area contributed by atoms with Gasteiger partial charge in [0.2, 0.25) is 0 Å². The number of carbonyl (C=O) groups excluding carboxylic acids is 1. The molecule has 0 aliphatic rings. The molecule has 3 aromatic carbocycles. The summed E-state index contributed by atoms with van der Waals surface area (Å²) in [4.78, 5) is 17.2. The van der Waals surface area contributed by atoms with Crippen LogP contribution in [0.4, 0.5) is 0 Å². The van der Waals surface area contributed by atoms with Gasteiger partial charge in [-0.1, -0.05) is 58.7 Å². The number of aromatic nitrogens is 2. The van der Waals surface area contributed by atoms with Crippen molar-refractivity contribution in [3.05, 3.63) is 93.7 Å². The summed E-state index contributed by atoms with van der Waals surface area (Å²) in [5.74, 6) is 2.10. The summed E-state index contributed by atoms with van der Waals surface area (Å²) in [5, 5.41) is 3.02. The number of nitrogens with zero attached hydrogens (tertiary/aromatic N) is 2. The number of rotatable bonds is 12. The van der Waals surface area contributed by atoms with Crippen molar-refractivity contribution in [2.24, 2.45) is 0 Å². The van der Waals surface area contributed by atoms with E-state index in [0.29, 0.717) is 18.7 Å². The van der Waals surface area contributed by atoms with Crippen molar-refractivity contribution in [3.8, 4) is 5.75 Å². The van der Waals surface area contributed by atoms with Gasteiger partial charge in [0.05, 0.1) is 17.6 Å². The van der Waals surface area contributed by atoms with Gasteiger partial charge in [-0.3, -0.25) is 4.79 Å². The van der Waals surface area contributed by atoms with Crippen LogP contribution < -0.4 is 10.1 Å². The van der Waals surface area contributed by atoms with Gasteiger partial charge < -0.3 is 14.6 Å². The summed E-state index contributed by atoms with van der Waals surface area (Å²) in [7, 11) is 0. The van der Waals surface area contributed by atoms with Gasteiger partial charge in [0.25, 0.3) is 5.91 Å². The smallest absolute Gasteiger partial charge is 0.251 e. The second-order valence-electron chi connectivity index (χ2n) is 9.17. The number of amides is 1. The number of fused-ring (bicyclic) bond motifs is 1. The average molecular weight is 549 g/mol. The molecule has 0 aliphatic carbocycles. The third kappa shape index (κ3) is 6.76. The van der Waals surface area contributed by atoms with Gasteiger partial charge in [0.15, 0.2) is 0 Å². The van der Waals surface area contributed by atoms with Crippen LogP contribution >= 0.6 is 15.9 Å². The molecule has 6 heteroatoms. The maximum Gasteiger partial charge on any atom is 0.251 e. The largest absolute Gasteiger partial charge is 0.493 e. The Labute approximate surface area is 222 Å². The van der Waals surface area contributed by atoms with Crippen LogP contribution in [0.3, 0.4) is 0 Å². The predicted octanol–water partition coefficient (Wildman–Crippen LogP) is 7.03. The van der Waals surface area contributed by atoms with Crippen molar-refractivity contribution in [1.29, 1.82) is 0 Å². The molecular weight excluding hydrogens is 514 g/mol. The first kappa shape index (κ1) is 26.0. The molecule has 1 heterocycles. The Hall–Kier alpha value is -3.12. The fourth-order valence-corrected chi connectivity index (χ4v) is 4.91. The fraction of sp³-hybridized carbons (Fsp3) is 0.333. The van der Waals surface area contributed by atoms with Gasteiger partial charge in [0.1, 0.15) is 11.6 Å². The third-order valence-corrected chi connectivity index (χ3v) is 6.86. The zero-order chi connectivity index (χ0) is 25.3. The summed E-state index contributed by atoms with van der Waals surface area (Å²) in [6.45, 7) is 6.42. The Bertz CT molecular complexity index is 1290. The third-order valence-electron chi connectivity index (χ3n) is 6.36. The van der Waals surface area contributed by atoms with Gasteiger partial charge >= 0.3 is 0 Å². The number of benzene rings is 3. The molecule has 0 unspecified atom stereocenters. The van der Waals surface area contributed by atoms with E-state index in [1.807, 2.05) is 30.3 Å². The van der Waals surface area contributed by atoms with E-state index in [-0.39, 0.29) is 5.91 Å². The van der Waals surface area contributed by atoms with Crippen LogP contribution in [0, 0.1) is 13.8 Å². The SMILES string of the molecule is Cc1cccc(C)c1OCCCn1c(CCCCCNC(=O)c2cccc(Br)c2)nc2ccccc21. The lowest BCUT2D eigenvalue weighted by atomic mass is 10.1. The van der Waals surface area contributed by atoms with Crippen molar-refractivity contribution < 1.29 is 9.53 Å². The van der Waals surface area contributed by atoms with Crippen LogP contribution in [-0.4, -0.2) is 28.6 Å². The highest BCUT2D eigenvalue weighted by Gasteiger charge is 2.11. The molecular formula is C30H34BrN3O2. The average Bonchev–Trinajstić information content (AvgIpc) is 3.22. The molecule has 36 heavy (non-hydrogen) atoms. The van der Waals surface area contributed by atoms with E-state index in [0.717, 1.165) is 60.2 Å². The van der Waals surface area contributed by atoms with Crippen LogP contribution in [0.1, 0.15) is 53.0 Å². The van der Waals surface area contributed by atoms with Crippen molar-refractivity contribution >= 4 is 32.9 Å². The number of carbonyl (C=O) groups is 1. The highest BCUT2D eigenvalue weighted by molar-refractivity contribution is 9.10. The lowest BCUT2D eigenvalue weighted by Gasteiger charge is -2.13. The first-order valence-corrected chi connectivity index (χ1v) is 13.5. The normalized spacial score (nSPS) is 11.1. The van der Waals surface area contributed by atoms with E-state index in [4.69, 9.17) is 9.72 Å². The molecule has 5 nitrogen and oxygen atoms in total. The maximum atomic E-state index is 12.3. The number of nitrogens with one attached hydrogen (secondary N) is 1. The van der Waals surface area contributed by atoms with Crippen molar-refractivity contribution in [3.63, 3.8) is 0 Å². The van der Waals surface area contributed by atoms with Crippen LogP contribution in [0.5, 0.6) is 5.75 Å². The van der Waals surface area contributed by atoms with Crippen molar-refractivity contribution in [2.75, 3.05) is 13.2 Å². The summed E-state index contributed by atoms with van der Waals surface area (Å²) in [6, 6.07) is 22.1. The maximum absolute atomic E-state index is 12.3. The molecule has 1 N–H and O–H groups in total. The van der Waals surface area contributed by atoms with E-state index in [1.165, 1.54) is 16.6 Å². The lowest BCUT2D eigenvalue weighted by Crippen LogP contribution is -2.24. The first-order chi connectivity index (χ1) is 17.5. The fourth-order valence-electron chi connectivity index (χ4n) is 4.51. The molecule has 4 rings (SSSR count). The highest BCUT2D eigenvalue weighted by atomic mass is 79.9. The van der Waals surface area contributed by atoms with Crippen LogP contribution in [0.25, 0.3) is 11.0 Å². The van der Waals surface area contributed by atoms with Gasteiger partial charge in [-0.25, -0.2) is 4.98 Å². The molecule has 4 aromatic rings. The molecule has 0 bridgehead atoms. The van der Waals surface area contributed by atoms with Crippen LogP contribution in [-0.2, 0) is 13.0 Å². The quantitative estimate of drug-likeness (QED) is 0.194. The molecule has 0 fully saturated rings. The van der Waals surface area contributed by atoms with E-state index in [9.17, 15) is 4.79 Å². The number of para-hydroxylation sites is 3. The van der Waals surface area contributed by atoms with Crippen LogP contribution in [0.15, 0.2) is 71.2 Å². The summed E-state index contributed by atoms with van der Waals surface area (Å²) >= 11 is 3.41. The number of hydrogen-bond acceptors (Lipinski definition) is 3. The molecule has 1 amide bonds. The second kappa shape index (κ2) is 12.7. The second-order valence-corrected chi connectivity index (χ2v) is 10.1. The predicted molar refractivity (Wildman–Crippen MR) is 150 cm³/mol. The number of imidazole rings is 1. The minimum absolute atomic E-state index is 0.0267. The number of halogens is 1. The molecule has 188 valence electrons. The molecule has 0 spiro atoms. The summed E-state index contributed by atoms with van der Waals surface area (Å²) in [5.41, 5.74) is 5.26. The Morgan fingerprint density at radius 3 is 2.53 bits per heavy atom. The zero-order valence-electron chi connectivity index (χ0n) is 21.1. The Morgan fingerprint density at radius 1 is 0.944 bits per heavy atom. The number of hydrogen-bond donors (Lipinski definition) is 1. The van der Waals surface area contributed by atoms with E-state index in [2.05, 4.69) is 76.1 Å². The Kier molecular flexibility index (Phi) is 9.17. The van der Waals surface area contributed by atoms with E-state index in [1.54, 1.807) is 0 Å².